The number of anilines is 1. The van der Waals surface area contributed by atoms with Crippen molar-refractivity contribution in [1.82, 2.24) is 10.2 Å². The highest BCUT2D eigenvalue weighted by Gasteiger charge is 2.09. The number of carbonyl (C=O) groups excluding carboxylic acids is 1. The molecular weight excluding hydrogens is 238 g/mol. The van der Waals surface area contributed by atoms with Crippen LogP contribution < -0.4 is 5.32 Å². The summed E-state index contributed by atoms with van der Waals surface area (Å²) in [6.45, 7) is 6.06. The van der Waals surface area contributed by atoms with Crippen molar-refractivity contribution in [1.29, 1.82) is 0 Å². The molecule has 0 unspecified atom stereocenters. The number of benzene rings is 1. The van der Waals surface area contributed by atoms with Crippen LogP contribution in [-0.2, 0) is 0 Å². The fraction of sp³-hybridized carbons (Fsp3) is 0.267. The second-order valence-electron chi connectivity index (χ2n) is 4.82. The second-order valence-corrected chi connectivity index (χ2v) is 4.82. The smallest absolute Gasteiger partial charge is 0.276 e. The minimum atomic E-state index is -0.242. The van der Waals surface area contributed by atoms with E-state index in [9.17, 15) is 4.79 Å². The van der Waals surface area contributed by atoms with E-state index in [0.29, 0.717) is 11.6 Å². The van der Waals surface area contributed by atoms with Gasteiger partial charge in [0.05, 0.1) is 5.69 Å². The Balaban J connectivity index is 2.11. The lowest BCUT2D eigenvalue weighted by Gasteiger charge is -2.06. The molecule has 1 N–H and O–H groups in total. The molecule has 1 amide bonds. The number of aryl methyl sites for hydroxylation is 1. The molecule has 0 saturated heterocycles. The Morgan fingerprint density at radius 3 is 2.53 bits per heavy atom. The van der Waals surface area contributed by atoms with Gasteiger partial charge in [0.1, 0.15) is 0 Å². The van der Waals surface area contributed by atoms with Crippen molar-refractivity contribution in [2.45, 2.75) is 26.7 Å². The molecule has 0 bridgehead atoms. The topological polar surface area (TPSA) is 54.9 Å². The van der Waals surface area contributed by atoms with E-state index in [2.05, 4.69) is 15.5 Å². The second kappa shape index (κ2) is 5.61. The molecule has 2 rings (SSSR count). The van der Waals surface area contributed by atoms with Crippen LogP contribution in [0.3, 0.4) is 0 Å². The van der Waals surface area contributed by atoms with Crippen LogP contribution >= 0.6 is 0 Å². The first-order chi connectivity index (χ1) is 9.06. The fourth-order valence-electron chi connectivity index (χ4n) is 1.69. The zero-order chi connectivity index (χ0) is 13.8. The largest absolute Gasteiger partial charge is 0.321 e. The van der Waals surface area contributed by atoms with Gasteiger partial charge in [-0.1, -0.05) is 26.0 Å². The minimum Gasteiger partial charge on any atom is -0.321 e. The molecule has 4 nitrogen and oxygen atoms in total. The molecule has 0 aliphatic rings. The summed E-state index contributed by atoms with van der Waals surface area (Å²) in [7, 11) is 0. The predicted molar refractivity (Wildman–Crippen MR) is 75.3 cm³/mol. The molecule has 2 aromatic rings. The van der Waals surface area contributed by atoms with Crippen molar-refractivity contribution >= 4 is 11.6 Å². The molecule has 4 heteroatoms. The van der Waals surface area contributed by atoms with Gasteiger partial charge in [-0.3, -0.25) is 4.79 Å². The van der Waals surface area contributed by atoms with Gasteiger partial charge in [-0.2, -0.15) is 5.10 Å². The van der Waals surface area contributed by atoms with Gasteiger partial charge < -0.3 is 5.32 Å². The SMILES string of the molecule is Cc1cccc(NC(=O)c2ccc(C(C)C)nn2)c1. The molecule has 19 heavy (non-hydrogen) atoms. The predicted octanol–water partition coefficient (Wildman–Crippen LogP) is 3.16. The zero-order valence-electron chi connectivity index (χ0n) is 11.3. The number of nitrogens with one attached hydrogen (secondary N) is 1. The van der Waals surface area contributed by atoms with Gasteiger partial charge in [0.2, 0.25) is 0 Å². The van der Waals surface area contributed by atoms with Crippen LogP contribution in [0.15, 0.2) is 36.4 Å². The Hall–Kier alpha value is -2.23. The molecule has 1 aromatic carbocycles. The molecule has 0 saturated carbocycles. The highest BCUT2D eigenvalue weighted by Crippen LogP contribution is 2.12. The standard InChI is InChI=1S/C15H17N3O/c1-10(2)13-7-8-14(18-17-13)15(19)16-12-6-4-5-11(3)9-12/h4-10H,1-3H3,(H,16,19). The van der Waals surface area contributed by atoms with Crippen molar-refractivity contribution in [3.05, 3.63) is 53.3 Å². The van der Waals surface area contributed by atoms with Crippen LogP contribution in [0.25, 0.3) is 0 Å². The first-order valence-corrected chi connectivity index (χ1v) is 6.28. The molecule has 0 aliphatic carbocycles. The third-order valence-electron chi connectivity index (χ3n) is 2.79. The molecule has 0 fully saturated rings. The Kier molecular flexibility index (Phi) is 3.90. The van der Waals surface area contributed by atoms with E-state index in [1.165, 1.54) is 0 Å². The Morgan fingerprint density at radius 1 is 1.16 bits per heavy atom. The molecule has 98 valence electrons. The van der Waals surface area contributed by atoms with E-state index in [0.717, 1.165) is 16.9 Å². The Morgan fingerprint density at radius 2 is 1.95 bits per heavy atom. The summed E-state index contributed by atoms with van der Waals surface area (Å²) in [6.07, 6.45) is 0. The lowest BCUT2D eigenvalue weighted by Crippen LogP contribution is -2.15. The van der Waals surface area contributed by atoms with E-state index >= 15 is 0 Å². The van der Waals surface area contributed by atoms with Crippen LogP contribution in [0.1, 0.15) is 41.5 Å². The number of hydrogen-bond acceptors (Lipinski definition) is 3. The quantitative estimate of drug-likeness (QED) is 0.916. The maximum absolute atomic E-state index is 12.0. The van der Waals surface area contributed by atoms with Crippen LogP contribution in [0.5, 0.6) is 0 Å². The third kappa shape index (κ3) is 3.37. The van der Waals surface area contributed by atoms with Crippen molar-refractivity contribution in [2.75, 3.05) is 5.32 Å². The summed E-state index contributed by atoms with van der Waals surface area (Å²) in [6, 6.07) is 11.2. The number of amides is 1. The van der Waals surface area contributed by atoms with Gasteiger partial charge >= 0.3 is 0 Å². The van der Waals surface area contributed by atoms with Crippen molar-refractivity contribution in [3.8, 4) is 0 Å². The number of rotatable bonds is 3. The van der Waals surface area contributed by atoms with Crippen LogP contribution in [0.2, 0.25) is 0 Å². The molecule has 0 atom stereocenters. The molecule has 1 aromatic heterocycles. The lowest BCUT2D eigenvalue weighted by molar-refractivity contribution is 0.102. The first kappa shape index (κ1) is 13.2. The number of nitrogens with zero attached hydrogens (tertiary/aromatic N) is 2. The van der Waals surface area contributed by atoms with Gasteiger partial charge in [-0.05, 0) is 42.7 Å². The number of aromatic nitrogens is 2. The van der Waals surface area contributed by atoms with Crippen LogP contribution in [0.4, 0.5) is 5.69 Å². The minimum absolute atomic E-state index is 0.242. The van der Waals surface area contributed by atoms with E-state index in [4.69, 9.17) is 0 Å². The average molecular weight is 255 g/mol. The monoisotopic (exact) mass is 255 g/mol. The van der Waals surface area contributed by atoms with Crippen LogP contribution in [0, 0.1) is 6.92 Å². The summed E-state index contributed by atoms with van der Waals surface area (Å²) < 4.78 is 0. The molecule has 0 spiro atoms. The summed E-state index contributed by atoms with van der Waals surface area (Å²) in [5, 5.41) is 10.8. The fourth-order valence-corrected chi connectivity index (χ4v) is 1.69. The Bertz CT molecular complexity index is 576. The molecular formula is C15H17N3O. The van der Waals surface area contributed by atoms with Crippen molar-refractivity contribution < 1.29 is 4.79 Å². The highest BCUT2D eigenvalue weighted by molar-refractivity contribution is 6.02. The molecule has 1 heterocycles. The van der Waals surface area contributed by atoms with E-state index in [1.807, 2.05) is 51.1 Å². The first-order valence-electron chi connectivity index (χ1n) is 6.28. The van der Waals surface area contributed by atoms with Crippen LogP contribution in [-0.4, -0.2) is 16.1 Å². The van der Waals surface area contributed by atoms with E-state index in [-0.39, 0.29) is 5.91 Å². The van der Waals surface area contributed by atoms with Gasteiger partial charge in [0, 0.05) is 5.69 Å². The zero-order valence-corrected chi connectivity index (χ0v) is 11.3. The van der Waals surface area contributed by atoms with Crippen molar-refractivity contribution in [3.63, 3.8) is 0 Å². The van der Waals surface area contributed by atoms with E-state index < -0.39 is 0 Å². The molecule has 0 radical (unpaired) electrons. The summed E-state index contributed by atoms with van der Waals surface area (Å²) in [4.78, 5) is 12.0. The van der Waals surface area contributed by atoms with E-state index in [1.54, 1.807) is 6.07 Å². The maximum Gasteiger partial charge on any atom is 0.276 e. The maximum atomic E-state index is 12.0. The number of carbonyl (C=O) groups is 1. The van der Waals surface area contributed by atoms with Gasteiger partial charge in [-0.15, -0.1) is 5.10 Å². The summed E-state index contributed by atoms with van der Waals surface area (Å²) >= 11 is 0. The highest BCUT2D eigenvalue weighted by atomic mass is 16.1. The normalized spacial score (nSPS) is 10.5. The van der Waals surface area contributed by atoms with Gasteiger partial charge in [0.25, 0.3) is 5.91 Å². The third-order valence-corrected chi connectivity index (χ3v) is 2.79. The van der Waals surface area contributed by atoms with Gasteiger partial charge in [0.15, 0.2) is 5.69 Å². The lowest BCUT2D eigenvalue weighted by atomic mass is 10.1. The molecule has 0 aliphatic heterocycles. The summed E-state index contributed by atoms with van der Waals surface area (Å²) in [5.74, 6) is 0.0646. The summed E-state index contributed by atoms with van der Waals surface area (Å²) in [5.41, 5.74) is 3.07. The average Bonchev–Trinajstić information content (AvgIpc) is 2.39. The number of hydrogen-bond donors (Lipinski definition) is 1. The Labute approximate surface area is 112 Å². The van der Waals surface area contributed by atoms with Gasteiger partial charge in [-0.25, -0.2) is 0 Å². The van der Waals surface area contributed by atoms with Crippen molar-refractivity contribution in [2.24, 2.45) is 0 Å².